The SMILES string of the molecule is CCCn1c(N)c(NCC(C)(C)CO)c(=O)n(C)c1=O. The molecule has 7 nitrogen and oxygen atoms in total. The van der Waals surface area contributed by atoms with E-state index >= 15 is 0 Å². The van der Waals surface area contributed by atoms with Crippen molar-refractivity contribution in [2.45, 2.75) is 33.7 Å². The Morgan fingerprint density at radius 2 is 1.95 bits per heavy atom. The number of hydrogen-bond acceptors (Lipinski definition) is 5. The molecule has 7 heteroatoms. The molecule has 0 aliphatic heterocycles. The molecule has 4 N–H and O–H groups in total. The van der Waals surface area contributed by atoms with E-state index in [1.807, 2.05) is 20.8 Å². The van der Waals surface area contributed by atoms with E-state index in [2.05, 4.69) is 5.32 Å². The van der Waals surface area contributed by atoms with Crippen molar-refractivity contribution >= 4 is 11.5 Å². The zero-order valence-electron chi connectivity index (χ0n) is 12.6. The highest BCUT2D eigenvalue weighted by molar-refractivity contribution is 5.60. The molecule has 0 fully saturated rings. The second-order valence-electron chi connectivity index (χ2n) is 5.73. The lowest BCUT2D eigenvalue weighted by Gasteiger charge is -2.23. The highest BCUT2D eigenvalue weighted by atomic mass is 16.3. The first-order valence-corrected chi connectivity index (χ1v) is 6.69. The van der Waals surface area contributed by atoms with Crippen molar-refractivity contribution < 1.29 is 5.11 Å². The Hall–Kier alpha value is -1.76. The molecule has 0 saturated carbocycles. The summed E-state index contributed by atoms with van der Waals surface area (Å²) in [5.41, 5.74) is 4.89. The Morgan fingerprint density at radius 1 is 1.35 bits per heavy atom. The number of nitrogens with two attached hydrogens (primary N) is 1. The number of anilines is 2. The standard InChI is InChI=1S/C13H24N4O3/c1-5-6-17-10(14)9(11(19)16(4)12(17)20)15-7-13(2,3)8-18/h15,18H,5-8,14H2,1-4H3. The van der Waals surface area contributed by atoms with E-state index in [1.165, 1.54) is 11.6 Å². The van der Waals surface area contributed by atoms with Crippen LogP contribution in [0.2, 0.25) is 0 Å². The second-order valence-corrected chi connectivity index (χ2v) is 5.73. The van der Waals surface area contributed by atoms with Crippen LogP contribution in [-0.2, 0) is 13.6 Å². The van der Waals surface area contributed by atoms with Crippen molar-refractivity contribution in [3.05, 3.63) is 20.8 Å². The highest BCUT2D eigenvalue weighted by Gasteiger charge is 2.20. The summed E-state index contributed by atoms with van der Waals surface area (Å²) in [4.78, 5) is 24.1. The van der Waals surface area contributed by atoms with E-state index in [0.29, 0.717) is 13.1 Å². The van der Waals surface area contributed by atoms with Gasteiger partial charge in [-0.25, -0.2) is 4.79 Å². The molecule has 0 bridgehead atoms. The zero-order chi connectivity index (χ0) is 15.5. The van der Waals surface area contributed by atoms with Crippen molar-refractivity contribution in [3.63, 3.8) is 0 Å². The fourth-order valence-electron chi connectivity index (χ4n) is 1.77. The molecule has 1 aromatic heterocycles. The summed E-state index contributed by atoms with van der Waals surface area (Å²) in [5.74, 6) is 0.147. The number of aliphatic hydroxyl groups excluding tert-OH is 1. The minimum absolute atomic E-state index is 0.0190. The smallest absolute Gasteiger partial charge is 0.332 e. The number of aromatic nitrogens is 2. The Labute approximate surface area is 118 Å². The molecule has 1 heterocycles. The van der Waals surface area contributed by atoms with Gasteiger partial charge in [0.1, 0.15) is 11.5 Å². The molecular formula is C13H24N4O3. The predicted octanol–water partition coefficient (Wildman–Crippen LogP) is -0.0304. The Morgan fingerprint density at radius 3 is 2.45 bits per heavy atom. The lowest BCUT2D eigenvalue weighted by atomic mass is 9.95. The van der Waals surface area contributed by atoms with Gasteiger partial charge in [-0.1, -0.05) is 20.8 Å². The molecule has 1 rings (SSSR count). The predicted molar refractivity (Wildman–Crippen MR) is 80.0 cm³/mol. The summed E-state index contributed by atoms with van der Waals surface area (Å²) in [5, 5.41) is 12.2. The quantitative estimate of drug-likeness (QED) is 0.681. The first-order valence-electron chi connectivity index (χ1n) is 6.69. The van der Waals surface area contributed by atoms with E-state index in [0.717, 1.165) is 11.0 Å². The maximum atomic E-state index is 12.1. The van der Waals surface area contributed by atoms with E-state index in [-0.39, 0.29) is 23.5 Å². The van der Waals surface area contributed by atoms with Gasteiger partial charge in [-0.2, -0.15) is 0 Å². The largest absolute Gasteiger partial charge is 0.396 e. The van der Waals surface area contributed by atoms with E-state index < -0.39 is 11.2 Å². The van der Waals surface area contributed by atoms with Gasteiger partial charge < -0.3 is 16.2 Å². The Bertz CT molecular complexity index is 587. The monoisotopic (exact) mass is 284 g/mol. The van der Waals surface area contributed by atoms with Crippen LogP contribution in [0.3, 0.4) is 0 Å². The van der Waals surface area contributed by atoms with Gasteiger partial charge in [0.25, 0.3) is 5.56 Å². The molecule has 0 radical (unpaired) electrons. The van der Waals surface area contributed by atoms with E-state index in [4.69, 9.17) is 5.73 Å². The number of nitrogens with one attached hydrogen (secondary N) is 1. The average Bonchev–Trinajstić information content (AvgIpc) is 2.41. The molecular weight excluding hydrogens is 260 g/mol. The van der Waals surface area contributed by atoms with E-state index in [9.17, 15) is 14.7 Å². The molecule has 0 atom stereocenters. The van der Waals surface area contributed by atoms with E-state index in [1.54, 1.807) is 0 Å². The van der Waals surface area contributed by atoms with Crippen LogP contribution < -0.4 is 22.3 Å². The maximum absolute atomic E-state index is 12.1. The van der Waals surface area contributed by atoms with Gasteiger partial charge in [0.05, 0.1) is 0 Å². The molecule has 0 saturated heterocycles. The molecule has 0 aliphatic carbocycles. The fourth-order valence-corrected chi connectivity index (χ4v) is 1.77. The summed E-state index contributed by atoms with van der Waals surface area (Å²) in [6.45, 7) is 6.48. The number of hydrogen-bond donors (Lipinski definition) is 3. The third-order valence-corrected chi connectivity index (χ3v) is 3.20. The fraction of sp³-hybridized carbons (Fsp3) is 0.692. The van der Waals surface area contributed by atoms with Gasteiger partial charge in [0.2, 0.25) is 0 Å². The van der Waals surface area contributed by atoms with Crippen LogP contribution in [0, 0.1) is 5.41 Å². The topological polar surface area (TPSA) is 102 Å². The van der Waals surface area contributed by atoms with Gasteiger partial charge in [-0.15, -0.1) is 0 Å². The summed E-state index contributed by atoms with van der Waals surface area (Å²) in [7, 11) is 1.43. The van der Waals surface area contributed by atoms with Crippen LogP contribution in [0.5, 0.6) is 0 Å². The molecule has 0 aromatic carbocycles. The number of rotatable bonds is 6. The second kappa shape index (κ2) is 6.13. The number of aliphatic hydroxyl groups is 1. The maximum Gasteiger partial charge on any atom is 0.332 e. The summed E-state index contributed by atoms with van der Waals surface area (Å²) < 4.78 is 2.43. The van der Waals surface area contributed by atoms with Crippen molar-refractivity contribution in [1.82, 2.24) is 9.13 Å². The third-order valence-electron chi connectivity index (χ3n) is 3.20. The number of nitrogens with zero attached hydrogens (tertiary/aromatic N) is 2. The van der Waals surface area contributed by atoms with Crippen LogP contribution in [0.15, 0.2) is 9.59 Å². The summed E-state index contributed by atoms with van der Waals surface area (Å²) >= 11 is 0. The number of nitrogen functional groups attached to an aromatic ring is 1. The van der Waals surface area contributed by atoms with Gasteiger partial charge >= 0.3 is 5.69 Å². The van der Waals surface area contributed by atoms with Crippen LogP contribution in [0.25, 0.3) is 0 Å². The van der Waals surface area contributed by atoms with Crippen LogP contribution in [0.1, 0.15) is 27.2 Å². The molecule has 0 spiro atoms. The average molecular weight is 284 g/mol. The highest BCUT2D eigenvalue weighted by Crippen LogP contribution is 2.17. The molecule has 1 aromatic rings. The lowest BCUT2D eigenvalue weighted by Crippen LogP contribution is -2.41. The normalized spacial score (nSPS) is 11.7. The Balaban J connectivity index is 3.26. The van der Waals surface area contributed by atoms with Gasteiger partial charge in [0.15, 0.2) is 0 Å². The summed E-state index contributed by atoms with van der Waals surface area (Å²) in [6.07, 6.45) is 0.740. The van der Waals surface area contributed by atoms with Crippen LogP contribution >= 0.6 is 0 Å². The zero-order valence-corrected chi connectivity index (χ0v) is 12.6. The van der Waals surface area contributed by atoms with Crippen molar-refractivity contribution in [1.29, 1.82) is 0 Å². The molecule has 0 amide bonds. The third kappa shape index (κ3) is 3.22. The molecule has 20 heavy (non-hydrogen) atoms. The molecule has 0 unspecified atom stereocenters. The van der Waals surface area contributed by atoms with Crippen molar-refractivity contribution in [3.8, 4) is 0 Å². The first kappa shape index (κ1) is 16.3. The Kier molecular flexibility index (Phi) is 4.99. The minimum Gasteiger partial charge on any atom is -0.396 e. The van der Waals surface area contributed by atoms with Crippen molar-refractivity contribution in [2.24, 2.45) is 12.5 Å². The lowest BCUT2D eigenvalue weighted by molar-refractivity contribution is 0.171. The van der Waals surface area contributed by atoms with Gasteiger partial charge in [-0.05, 0) is 6.42 Å². The van der Waals surface area contributed by atoms with Crippen molar-refractivity contribution in [2.75, 3.05) is 24.2 Å². The summed E-state index contributed by atoms with van der Waals surface area (Å²) in [6, 6.07) is 0. The van der Waals surface area contributed by atoms with Crippen LogP contribution in [-0.4, -0.2) is 27.4 Å². The minimum atomic E-state index is -0.450. The van der Waals surface area contributed by atoms with Crippen LogP contribution in [0.4, 0.5) is 11.5 Å². The molecule has 114 valence electrons. The molecule has 0 aliphatic rings. The van der Waals surface area contributed by atoms with Gasteiger partial charge in [-0.3, -0.25) is 13.9 Å². The van der Waals surface area contributed by atoms with Gasteiger partial charge in [0, 0.05) is 32.2 Å². The first-order chi connectivity index (χ1) is 9.25.